The van der Waals surface area contributed by atoms with Crippen molar-refractivity contribution in [2.24, 2.45) is 0 Å². The second-order valence-electron chi connectivity index (χ2n) is 7.28. The van der Waals surface area contributed by atoms with Crippen molar-refractivity contribution in [2.75, 3.05) is 16.8 Å². The number of para-hydroxylation sites is 1. The molecule has 0 aromatic heterocycles. The average Bonchev–Trinajstić information content (AvgIpc) is 2.78. The van der Waals surface area contributed by atoms with Crippen LogP contribution in [0.4, 0.5) is 17.1 Å². The Morgan fingerprint density at radius 3 is 2.57 bits per heavy atom. The molecule has 0 unspecified atom stereocenters. The number of carbonyl (C=O) groups excluding carboxylic acids is 2. The zero-order valence-corrected chi connectivity index (χ0v) is 18.8. The van der Waals surface area contributed by atoms with Crippen molar-refractivity contribution < 1.29 is 15.1 Å². The van der Waals surface area contributed by atoms with E-state index in [1.165, 1.54) is 0 Å². The third kappa shape index (κ3) is 6.19. The molecule has 6 nitrogen and oxygen atoms in total. The van der Waals surface area contributed by atoms with Crippen molar-refractivity contribution in [2.45, 2.75) is 45.6 Å². The number of rotatable bonds is 7. The fraction of sp³-hybridized carbons (Fsp3) is 0.364. The normalized spacial score (nSPS) is 12.1. The topological polar surface area (TPSA) is 92.9 Å². The van der Waals surface area contributed by atoms with Gasteiger partial charge in [-0.3, -0.25) is 14.5 Å². The molecule has 1 aliphatic heterocycles. The Labute approximate surface area is 188 Å². The van der Waals surface area contributed by atoms with Crippen molar-refractivity contribution in [3.8, 4) is 0 Å². The summed E-state index contributed by atoms with van der Waals surface area (Å²) in [5.74, 6) is -0.265. The summed E-state index contributed by atoms with van der Waals surface area (Å²) >= 11 is 6.11. The van der Waals surface area contributed by atoms with Crippen LogP contribution in [0.15, 0.2) is 42.5 Å². The van der Waals surface area contributed by atoms with E-state index in [2.05, 4.69) is 24.5 Å². The van der Waals surface area contributed by atoms with Crippen LogP contribution in [0.1, 0.15) is 49.9 Å². The molecule has 0 spiro atoms. The largest absolute Gasteiger partial charge is 0.412 e. The van der Waals surface area contributed by atoms with Gasteiger partial charge in [0.15, 0.2) is 0 Å². The predicted molar refractivity (Wildman–Crippen MR) is 125 cm³/mol. The highest BCUT2D eigenvalue weighted by Gasteiger charge is 2.28. The minimum atomic E-state index is -0.242. The molecule has 0 fully saturated rings. The first-order chi connectivity index (χ1) is 13.5. The van der Waals surface area contributed by atoms with Gasteiger partial charge in [-0.2, -0.15) is 0 Å². The number of anilines is 3. The van der Waals surface area contributed by atoms with Gasteiger partial charge in [-0.25, -0.2) is 0 Å². The van der Waals surface area contributed by atoms with Crippen molar-refractivity contribution in [1.82, 2.24) is 5.32 Å². The monoisotopic (exact) mass is 453 g/mol. The van der Waals surface area contributed by atoms with Gasteiger partial charge in [0.1, 0.15) is 0 Å². The molecule has 0 aliphatic carbocycles. The molecule has 2 aromatic rings. The standard InChI is InChI=1S/C22H26ClN3O2.ClH.H2O/c1-15(2)24-13-7-3-4-10-21(27)26-19-9-6-5-8-17(19)22(28)25-18-14-16(23)11-12-20(18)26;;/h5-6,8-9,11-12,14-15,24H,3-4,7,10,13H2,1-2H3,(H,25,28);1H;1H2. The molecule has 0 atom stereocenters. The molecule has 0 saturated heterocycles. The Morgan fingerprint density at radius 2 is 1.83 bits per heavy atom. The lowest BCUT2D eigenvalue weighted by molar-refractivity contribution is -0.118. The van der Waals surface area contributed by atoms with E-state index in [1.807, 2.05) is 12.1 Å². The summed E-state index contributed by atoms with van der Waals surface area (Å²) < 4.78 is 0. The van der Waals surface area contributed by atoms with Gasteiger partial charge >= 0.3 is 0 Å². The average molecular weight is 454 g/mol. The van der Waals surface area contributed by atoms with Crippen LogP contribution >= 0.6 is 24.0 Å². The quantitative estimate of drug-likeness (QED) is 0.593. The second-order valence-corrected chi connectivity index (χ2v) is 7.72. The van der Waals surface area contributed by atoms with E-state index in [0.29, 0.717) is 40.1 Å². The molecular formula is C22H29Cl2N3O3. The van der Waals surface area contributed by atoms with Crippen LogP contribution in [0.3, 0.4) is 0 Å². The van der Waals surface area contributed by atoms with Crippen molar-refractivity contribution in [1.29, 1.82) is 0 Å². The highest BCUT2D eigenvalue weighted by atomic mass is 35.5. The van der Waals surface area contributed by atoms with Gasteiger partial charge in [-0.1, -0.05) is 44.0 Å². The van der Waals surface area contributed by atoms with Crippen LogP contribution < -0.4 is 15.5 Å². The van der Waals surface area contributed by atoms with Gasteiger partial charge in [-0.15, -0.1) is 12.4 Å². The summed E-state index contributed by atoms with van der Waals surface area (Å²) in [6.07, 6.45) is 3.24. The molecule has 30 heavy (non-hydrogen) atoms. The lowest BCUT2D eigenvalue weighted by Gasteiger charge is -2.24. The molecular weight excluding hydrogens is 425 g/mol. The van der Waals surface area contributed by atoms with Gasteiger partial charge in [0.05, 0.1) is 22.6 Å². The van der Waals surface area contributed by atoms with Gasteiger partial charge in [-0.05, 0) is 49.7 Å². The zero-order valence-electron chi connectivity index (χ0n) is 17.2. The minimum absolute atomic E-state index is 0. The van der Waals surface area contributed by atoms with E-state index < -0.39 is 0 Å². The van der Waals surface area contributed by atoms with E-state index in [4.69, 9.17) is 11.6 Å². The number of nitrogens with one attached hydrogen (secondary N) is 2. The first kappa shape index (κ1) is 25.9. The smallest absolute Gasteiger partial charge is 0.257 e. The van der Waals surface area contributed by atoms with Crippen LogP contribution in [0.25, 0.3) is 0 Å². The molecule has 0 bridgehead atoms. The maximum absolute atomic E-state index is 13.1. The first-order valence-electron chi connectivity index (χ1n) is 9.73. The third-order valence-corrected chi connectivity index (χ3v) is 4.94. The summed E-state index contributed by atoms with van der Waals surface area (Å²) in [5.41, 5.74) is 2.27. The molecule has 2 amide bonds. The molecule has 4 N–H and O–H groups in total. The summed E-state index contributed by atoms with van der Waals surface area (Å²) in [6, 6.07) is 12.8. The number of amides is 2. The van der Waals surface area contributed by atoms with Crippen LogP contribution in [-0.2, 0) is 4.79 Å². The van der Waals surface area contributed by atoms with E-state index in [0.717, 1.165) is 25.8 Å². The van der Waals surface area contributed by atoms with Gasteiger partial charge in [0.25, 0.3) is 5.91 Å². The van der Waals surface area contributed by atoms with E-state index in [1.54, 1.807) is 35.2 Å². The molecule has 0 saturated carbocycles. The van der Waals surface area contributed by atoms with Crippen molar-refractivity contribution in [3.05, 3.63) is 53.1 Å². The van der Waals surface area contributed by atoms with E-state index >= 15 is 0 Å². The molecule has 0 radical (unpaired) electrons. The van der Waals surface area contributed by atoms with Crippen LogP contribution in [-0.4, -0.2) is 29.9 Å². The number of halogens is 2. The molecule has 1 heterocycles. The maximum Gasteiger partial charge on any atom is 0.257 e. The number of benzene rings is 2. The number of fused-ring (bicyclic) bond motifs is 2. The highest BCUT2D eigenvalue weighted by molar-refractivity contribution is 6.31. The fourth-order valence-corrected chi connectivity index (χ4v) is 3.50. The summed E-state index contributed by atoms with van der Waals surface area (Å²) in [5, 5.41) is 6.77. The van der Waals surface area contributed by atoms with Crippen molar-refractivity contribution in [3.63, 3.8) is 0 Å². The van der Waals surface area contributed by atoms with Gasteiger partial charge in [0.2, 0.25) is 5.91 Å². The van der Waals surface area contributed by atoms with Gasteiger partial charge in [0, 0.05) is 17.5 Å². The van der Waals surface area contributed by atoms with Crippen LogP contribution in [0.5, 0.6) is 0 Å². The Bertz CT molecular complexity index is 874. The Morgan fingerprint density at radius 1 is 1.10 bits per heavy atom. The minimum Gasteiger partial charge on any atom is -0.412 e. The van der Waals surface area contributed by atoms with Crippen LogP contribution in [0, 0.1) is 0 Å². The number of carbonyl (C=O) groups is 2. The van der Waals surface area contributed by atoms with Gasteiger partial charge < -0.3 is 16.1 Å². The molecule has 164 valence electrons. The van der Waals surface area contributed by atoms with Crippen molar-refractivity contribution >= 4 is 52.9 Å². The summed E-state index contributed by atoms with van der Waals surface area (Å²) in [6.45, 7) is 5.21. The number of unbranched alkanes of at least 4 members (excludes halogenated alkanes) is 2. The maximum atomic E-state index is 13.1. The zero-order chi connectivity index (χ0) is 20.1. The molecule has 2 aromatic carbocycles. The summed E-state index contributed by atoms with van der Waals surface area (Å²) in [7, 11) is 0. The predicted octanol–water partition coefficient (Wildman–Crippen LogP) is 4.73. The fourth-order valence-electron chi connectivity index (χ4n) is 3.33. The lowest BCUT2D eigenvalue weighted by Crippen LogP contribution is -2.26. The summed E-state index contributed by atoms with van der Waals surface area (Å²) in [4.78, 5) is 27.4. The molecule has 3 rings (SSSR count). The SMILES string of the molecule is CC(C)NCCCCCC(=O)N1c2ccc(Cl)cc2NC(=O)c2ccccc21.Cl.O. The number of nitrogens with zero attached hydrogens (tertiary/aromatic N) is 1. The Hall–Kier alpha value is -2.12. The van der Waals surface area contributed by atoms with E-state index in [-0.39, 0.29) is 29.7 Å². The number of hydrogen-bond donors (Lipinski definition) is 2. The molecule has 8 heteroatoms. The second kappa shape index (κ2) is 11.9. The third-order valence-electron chi connectivity index (χ3n) is 4.71. The van der Waals surface area contributed by atoms with Crippen LogP contribution in [0.2, 0.25) is 5.02 Å². The molecule has 1 aliphatic rings. The lowest BCUT2D eigenvalue weighted by atomic mass is 10.1. The Balaban J connectivity index is 0.00000225. The highest BCUT2D eigenvalue weighted by Crippen LogP contribution is 2.39. The number of hydrogen-bond acceptors (Lipinski definition) is 3. The van der Waals surface area contributed by atoms with E-state index in [9.17, 15) is 9.59 Å². The Kier molecular flexibility index (Phi) is 10.3. The first-order valence-corrected chi connectivity index (χ1v) is 10.1.